The van der Waals surface area contributed by atoms with Crippen molar-refractivity contribution in [2.45, 2.75) is 4.47 Å². The first kappa shape index (κ1) is 5.73. The van der Waals surface area contributed by atoms with Crippen molar-refractivity contribution in [1.29, 1.82) is 0 Å². The van der Waals surface area contributed by atoms with Crippen LogP contribution in [-0.4, -0.2) is 11.6 Å². The van der Waals surface area contributed by atoms with E-state index in [4.69, 9.17) is 11.6 Å². The highest BCUT2D eigenvalue weighted by atomic mass is 79.9. The van der Waals surface area contributed by atoms with Crippen molar-refractivity contribution in [3.8, 4) is 0 Å². The molecule has 0 fully saturated rings. The van der Waals surface area contributed by atoms with Gasteiger partial charge in [0.1, 0.15) is 0 Å². The molecule has 0 aromatic heterocycles. The summed E-state index contributed by atoms with van der Waals surface area (Å²) >= 11 is 8.07. The van der Waals surface area contributed by atoms with Crippen molar-refractivity contribution in [2.75, 3.05) is 7.11 Å². The molecule has 0 radical (unpaired) electrons. The third kappa shape index (κ3) is 4.73. The van der Waals surface area contributed by atoms with E-state index in [0.717, 1.165) is 0 Å². The zero-order valence-electron chi connectivity index (χ0n) is 2.74. The second-order valence-electron chi connectivity index (χ2n) is 0.496. The SMILES string of the molecule is COC(Cl)Br. The lowest BCUT2D eigenvalue weighted by molar-refractivity contribution is 0.235. The van der Waals surface area contributed by atoms with Gasteiger partial charge < -0.3 is 4.74 Å². The predicted octanol–water partition coefficient (Wildman–Crippen LogP) is 1.55. The molecule has 0 amide bonds. The molecule has 0 aliphatic rings. The van der Waals surface area contributed by atoms with Crippen molar-refractivity contribution in [2.24, 2.45) is 0 Å². The number of halogens is 2. The lowest BCUT2D eigenvalue weighted by Crippen LogP contribution is -1.84. The van der Waals surface area contributed by atoms with Gasteiger partial charge >= 0.3 is 0 Å². The lowest BCUT2D eigenvalue weighted by atomic mass is 11.5. The minimum atomic E-state index is -0.331. The zero-order valence-corrected chi connectivity index (χ0v) is 5.08. The van der Waals surface area contributed by atoms with Gasteiger partial charge in [-0.3, -0.25) is 0 Å². The van der Waals surface area contributed by atoms with E-state index < -0.39 is 0 Å². The quantitative estimate of drug-likeness (QED) is 0.528. The van der Waals surface area contributed by atoms with Crippen LogP contribution in [0.25, 0.3) is 0 Å². The van der Waals surface area contributed by atoms with E-state index in [2.05, 4.69) is 20.7 Å². The Balaban J connectivity index is 2.54. The standard InChI is InChI=1S/C2H4BrClO/c1-5-2(3)4/h2H,1H3. The van der Waals surface area contributed by atoms with Gasteiger partial charge in [-0.25, -0.2) is 0 Å². The highest BCUT2D eigenvalue weighted by molar-refractivity contribution is 9.10. The topological polar surface area (TPSA) is 9.23 Å². The van der Waals surface area contributed by atoms with Crippen LogP contribution in [0.5, 0.6) is 0 Å². The van der Waals surface area contributed by atoms with E-state index in [1.54, 1.807) is 0 Å². The van der Waals surface area contributed by atoms with Crippen LogP contribution < -0.4 is 0 Å². The molecule has 0 N–H and O–H groups in total. The third-order valence-corrected chi connectivity index (χ3v) is 0.730. The van der Waals surface area contributed by atoms with Crippen LogP contribution >= 0.6 is 27.5 Å². The summed E-state index contributed by atoms with van der Waals surface area (Å²) in [5, 5.41) is 0. The maximum absolute atomic E-state index is 5.16. The first-order chi connectivity index (χ1) is 2.27. The molecule has 0 aromatic rings. The van der Waals surface area contributed by atoms with Gasteiger partial charge in [0, 0.05) is 7.11 Å². The first-order valence-electron chi connectivity index (χ1n) is 1.08. The Labute approximate surface area is 44.4 Å². The van der Waals surface area contributed by atoms with E-state index >= 15 is 0 Å². The Hall–Kier alpha value is 0.730. The van der Waals surface area contributed by atoms with Gasteiger partial charge in [-0.05, 0) is 15.9 Å². The second kappa shape index (κ2) is 2.94. The van der Waals surface area contributed by atoms with Crippen LogP contribution in [0.15, 0.2) is 0 Å². The van der Waals surface area contributed by atoms with Crippen LogP contribution in [-0.2, 0) is 4.74 Å². The Kier molecular flexibility index (Phi) is 3.37. The largest absolute Gasteiger partial charge is 0.356 e. The van der Waals surface area contributed by atoms with Gasteiger partial charge in [-0.2, -0.15) is 0 Å². The Morgan fingerprint density at radius 1 is 2.00 bits per heavy atom. The molecule has 5 heavy (non-hydrogen) atoms. The van der Waals surface area contributed by atoms with E-state index in [0.29, 0.717) is 0 Å². The van der Waals surface area contributed by atoms with Gasteiger partial charge in [-0.1, -0.05) is 11.6 Å². The smallest absolute Gasteiger partial charge is 0.186 e. The molecule has 1 nitrogen and oxygen atoms in total. The molecule has 0 spiro atoms. The van der Waals surface area contributed by atoms with E-state index in [9.17, 15) is 0 Å². The fourth-order valence-corrected chi connectivity index (χ4v) is 0. The summed E-state index contributed by atoms with van der Waals surface area (Å²) in [7, 11) is 1.52. The molecule has 1 atom stereocenters. The molecular formula is C2H4BrClO. The molecular weight excluding hydrogens is 155 g/mol. The van der Waals surface area contributed by atoms with Crippen molar-refractivity contribution in [1.82, 2.24) is 0 Å². The molecule has 0 aliphatic heterocycles. The number of alkyl halides is 2. The van der Waals surface area contributed by atoms with Crippen LogP contribution in [0.3, 0.4) is 0 Å². The number of hydrogen-bond donors (Lipinski definition) is 0. The van der Waals surface area contributed by atoms with Gasteiger partial charge in [0.25, 0.3) is 0 Å². The van der Waals surface area contributed by atoms with E-state index in [1.807, 2.05) is 0 Å². The molecule has 0 heterocycles. The molecule has 0 saturated carbocycles. The van der Waals surface area contributed by atoms with Crippen LogP contribution in [0.2, 0.25) is 0 Å². The Morgan fingerprint density at radius 2 is 2.20 bits per heavy atom. The summed E-state index contributed by atoms with van der Waals surface area (Å²) in [4.78, 5) is 0. The van der Waals surface area contributed by atoms with E-state index in [-0.39, 0.29) is 4.47 Å². The summed E-state index contributed by atoms with van der Waals surface area (Å²) in [6.07, 6.45) is 0. The average molecular weight is 159 g/mol. The number of hydrogen-bond acceptors (Lipinski definition) is 1. The number of rotatable bonds is 1. The zero-order chi connectivity index (χ0) is 4.28. The van der Waals surface area contributed by atoms with Crippen molar-refractivity contribution < 1.29 is 4.74 Å². The maximum atomic E-state index is 5.16. The van der Waals surface area contributed by atoms with Crippen LogP contribution in [0.1, 0.15) is 0 Å². The van der Waals surface area contributed by atoms with Gasteiger partial charge in [0.15, 0.2) is 4.47 Å². The summed E-state index contributed by atoms with van der Waals surface area (Å²) in [6, 6.07) is 0. The molecule has 0 aromatic carbocycles. The third-order valence-electron chi connectivity index (χ3n) is 0.178. The average Bonchev–Trinajstić information content (AvgIpc) is 1.38. The van der Waals surface area contributed by atoms with Crippen LogP contribution in [0, 0.1) is 0 Å². The maximum Gasteiger partial charge on any atom is 0.186 e. The van der Waals surface area contributed by atoms with Crippen LogP contribution in [0.4, 0.5) is 0 Å². The first-order valence-corrected chi connectivity index (χ1v) is 2.43. The molecule has 0 bridgehead atoms. The summed E-state index contributed by atoms with van der Waals surface area (Å²) in [5.41, 5.74) is 0. The summed E-state index contributed by atoms with van der Waals surface area (Å²) < 4.78 is 4.10. The molecule has 0 rings (SSSR count). The Bertz CT molecular complexity index is 23.6. The minimum absolute atomic E-state index is 0.331. The highest BCUT2D eigenvalue weighted by Crippen LogP contribution is 2.02. The molecule has 0 saturated heterocycles. The normalized spacial score (nSPS) is 15.0. The number of ether oxygens (including phenoxy) is 1. The van der Waals surface area contributed by atoms with Gasteiger partial charge in [-0.15, -0.1) is 0 Å². The lowest BCUT2D eigenvalue weighted by Gasteiger charge is -1.89. The molecule has 0 aliphatic carbocycles. The second-order valence-corrected chi connectivity index (χ2v) is 2.25. The molecule has 3 heteroatoms. The van der Waals surface area contributed by atoms with Crippen molar-refractivity contribution in [3.05, 3.63) is 0 Å². The fourth-order valence-electron chi connectivity index (χ4n) is 0. The summed E-state index contributed by atoms with van der Waals surface area (Å²) in [6.45, 7) is 0. The minimum Gasteiger partial charge on any atom is -0.356 e. The van der Waals surface area contributed by atoms with Crippen molar-refractivity contribution in [3.63, 3.8) is 0 Å². The predicted molar refractivity (Wildman–Crippen MR) is 25.6 cm³/mol. The van der Waals surface area contributed by atoms with E-state index in [1.165, 1.54) is 7.11 Å². The fraction of sp³-hybridized carbons (Fsp3) is 1.00. The number of methoxy groups -OCH3 is 1. The van der Waals surface area contributed by atoms with Crippen molar-refractivity contribution >= 4 is 27.5 Å². The molecule has 1 unspecified atom stereocenters. The molecule has 32 valence electrons. The highest BCUT2D eigenvalue weighted by Gasteiger charge is 1.85. The van der Waals surface area contributed by atoms with Gasteiger partial charge in [0.05, 0.1) is 0 Å². The van der Waals surface area contributed by atoms with Gasteiger partial charge in [0.2, 0.25) is 0 Å². The Morgan fingerprint density at radius 3 is 2.20 bits per heavy atom. The summed E-state index contributed by atoms with van der Waals surface area (Å²) in [5.74, 6) is 0. The monoisotopic (exact) mass is 158 g/mol.